The van der Waals surface area contributed by atoms with Crippen LogP contribution in [0.1, 0.15) is 37.1 Å². The van der Waals surface area contributed by atoms with Crippen molar-refractivity contribution >= 4 is 0 Å². The molecule has 1 atom stereocenters. The molecular weight excluding hydrogens is 152 g/mol. The lowest BCUT2D eigenvalue weighted by molar-refractivity contribution is 0.446. The Morgan fingerprint density at radius 2 is 2.50 bits per heavy atom. The molecule has 2 rings (SSSR count). The molecule has 1 aromatic rings. The summed E-state index contributed by atoms with van der Waals surface area (Å²) < 4.78 is 5.33. The van der Waals surface area contributed by atoms with Crippen LogP contribution in [0.5, 0.6) is 0 Å². The molecule has 1 heterocycles. The molecular formula is C9H14N2O. The number of aromatic nitrogens is 1. The minimum Gasteiger partial charge on any atom is -0.448 e. The second-order valence-electron chi connectivity index (χ2n) is 3.49. The van der Waals surface area contributed by atoms with Gasteiger partial charge in [-0.05, 0) is 18.8 Å². The Balaban J connectivity index is 2.19. The summed E-state index contributed by atoms with van der Waals surface area (Å²) in [6.45, 7) is 2.68. The van der Waals surface area contributed by atoms with E-state index in [4.69, 9.17) is 10.2 Å². The summed E-state index contributed by atoms with van der Waals surface area (Å²) in [5.74, 6) is 2.31. The number of nitrogens with zero attached hydrogens (tertiary/aromatic N) is 1. The van der Waals surface area contributed by atoms with Crippen LogP contribution < -0.4 is 5.73 Å². The monoisotopic (exact) mass is 166 g/mol. The van der Waals surface area contributed by atoms with E-state index in [1.54, 1.807) is 0 Å². The lowest BCUT2D eigenvalue weighted by Crippen LogP contribution is -2.04. The van der Waals surface area contributed by atoms with Crippen LogP contribution in [0.3, 0.4) is 0 Å². The topological polar surface area (TPSA) is 52.0 Å². The van der Waals surface area contributed by atoms with Gasteiger partial charge in [0.2, 0.25) is 0 Å². The molecule has 1 unspecified atom stereocenters. The fraction of sp³-hybridized carbons (Fsp3) is 0.667. The molecule has 0 saturated heterocycles. The summed E-state index contributed by atoms with van der Waals surface area (Å²) in [5, 5.41) is 0. The van der Waals surface area contributed by atoms with Crippen molar-refractivity contribution in [3.63, 3.8) is 0 Å². The van der Waals surface area contributed by atoms with Crippen molar-refractivity contribution < 1.29 is 4.42 Å². The summed E-state index contributed by atoms with van der Waals surface area (Å²) >= 11 is 0. The Labute approximate surface area is 72.0 Å². The van der Waals surface area contributed by atoms with Crippen LogP contribution in [0, 0.1) is 5.92 Å². The third kappa shape index (κ3) is 1.25. The van der Waals surface area contributed by atoms with E-state index in [-0.39, 0.29) is 0 Å². The maximum atomic E-state index is 5.53. The molecule has 0 bridgehead atoms. The van der Waals surface area contributed by atoms with E-state index in [1.807, 2.05) is 0 Å². The first-order valence-electron chi connectivity index (χ1n) is 4.45. The summed E-state index contributed by atoms with van der Waals surface area (Å²) in [6.07, 6.45) is 4.15. The molecule has 1 saturated carbocycles. The number of nitrogens with two attached hydrogens (primary N) is 1. The molecule has 1 fully saturated rings. The highest BCUT2D eigenvalue weighted by atomic mass is 16.3. The normalized spacial score (nSPS) is 19.5. The zero-order valence-electron chi connectivity index (χ0n) is 7.29. The van der Waals surface area contributed by atoms with Crippen LogP contribution in [-0.2, 0) is 6.54 Å². The Kier molecular flexibility index (Phi) is 1.89. The van der Waals surface area contributed by atoms with Crippen molar-refractivity contribution in [2.45, 2.75) is 32.2 Å². The average Bonchev–Trinajstić information content (AvgIpc) is 2.82. The van der Waals surface area contributed by atoms with Gasteiger partial charge in [0.25, 0.3) is 0 Å². The van der Waals surface area contributed by atoms with Gasteiger partial charge < -0.3 is 10.2 Å². The molecule has 3 heteroatoms. The van der Waals surface area contributed by atoms with Crippen LogP contribution in [0.2, 0.25) is 0 Å². The zero-order valence-corrected chi connectivity index (χ0v) is 7.29. The minimum atomic E-state index is 0.489. The first kappa shape index (κ1) is 7.80. The van der Waals surface area contributed by atoms with Gasteiger partial charge in [-0.1, -0.05) is 6.92 Å². The maximum Gasteiger partial charge on any atom is 0.181 e. The largest absolute Gasteiger partial charge is 0.448 e. The van der Waals surface area contributed by atoms with Gasteiger partial charge in [0.1, 0.15) is 5.76 Å². The van der Waals surface area contributed by atoms with Crippen LogP contribution in [0.15, 0.2) is 10.8 Å². The second kappa shape index (κ2) is 2.90. The van der Waals surface area contributed by atoms with E-state index >= 15 is 0 Å². The molecule has 0 aromatic carbocycles. The number of rotatable bonds is 3. The predicted octanol–water partition coefficient (Wildman–Crippen LogP) is 1.65. The fourth-order valence-electron chi connectivity index (χ4n) is 1.61. The van der Waals surface area contributed by atoms with Gasteiger partial charge in [0.15, 0.2) is 6.39 Å². The molecule has 66 valence electrons. The van der Waals surface area contributed by atoms with Gasteiger partial charge in [0.05, 0.1) is 5.69 Å². The van der Waals surface area contributed by atoms with Crippen molar-refractivity contribution in [2.24, 2.45) is 11.7 Å². The van der Waals surface area contributed by atoms with Crippen molar-refractivity contribution in [2.75, 3.05) is 0 Å². The first-order chi connectivity index (χ1) is 5.83. The molecule has 0 amide bonds. The molecule has 1 aromatic heterocycles. The van der Waals surface area contributed by atoms with Gasteiger partial charge in [-0.3, -0.25) is 0 Å². The smallest absolute Gasteiger partial charge is 0.181 e. The summed E-state index contributed by atoms with van der Waals surface area (Å²) in [6, 6.07) is 0. The molecule has 2 N–H and O–H groups in total. The summed E-state index contributed by atoms with van der Waals surface area (Å²) in [5.41, 5.74) is 6.46. The van der Waals surface area contributed by atoms with Crippen LogP contribution >= 0.6 is 0 Å². The SMILES string of the molecule is CC(c1ocnc1CN)C1CC1. The van der Waals surface area contributed by atoms with Crippen molar-refractivity contribution in [1.29, 1.82) is 0 Å². The van der Waals surface area contributed by atoms with E-state index in [1.165, 1.54) is 19.2 Å². The molecule has 0 spiro atoms. The highest BCUT2D eigenvalue weighted by molar-refractivity contribution is 5.14. The van der Waals surface area contributed by atoms with Gasteiger partial charge in [-0.25, -0.2) is 4.98 Å². The average molecular weight is 166 g/mol. The van der Waals surface area contributed by atoms with Crippen molar-refractivity contribution in [3.05, 3.63) is 17.8 Å². The van der Waals surface area contributed by atoms with Crippen LogP contribution in [0.4, 0.5) is 0 Å². The molecule has 1 aliphatic carbocycles. The van der Waals surface area contributed by atoms with Gasteiger partial charge in [0, 0.05) is 12.5 Å². The van der Waals surface area contributed by atoms with E-state index in [0.717, 1.165) is 17.4 Å². The summed E-state index contributed by atoms with van der Waals surface area (Å²) in [4.78, 5) is 4.07. The molecule has 3 nitrogen and oxygen atoms in total. The number of oxazole rings is 1. The van der Waals surface area contributed by atoms with Crippen LogP contribution in [-0.4, -0.2) is 4.98 Å². The van der Waals surface area contributed by atoms with Gasteiger partial charge >= 0.3 is 0 Å². The van der Waals surface area contributed by atoms with Crippen LogP contribution in [0.25, 0.3) is 0 Å². The van der Waals surface area contributed by atoms with E-state index in [0.29, 0.717) is 12.5 Å². The number of hydrogen-bond donors (Lipinski definition) is 1. The third-order valence-electron chi connectivity index (χ3n) is 2.61. The summed E-state index contributed by atoms with van der Waals surface area (Å²) in [7, 11) is 0. The molecule has 0 aliphatic heterocycles. The quantitative estimate of drug-likeness (QED) is 0.742. The Hall–Kier alpha value is -0.830. The lowest BCUT2D eigenvalue weighted by atomic mass is 10.0. The van der Waals surface area contributed by atoms with Gasteiger partial charge in [-0.15, -0.1) is 0 Å². The number of hydrogen-bond acceptors (Lipinski definition) is 3. The van der Waals surface area contributed by atoms with Gasteiger partial charge in [-0.2, -0.15) is 0 Å². The van der Waals surface area contributed by atoms with E-state index in [9.17, 15) is 0 Å². The predicted molar refractivity (Wildman–Crippen MR) is 45.5 cm³/mol. The molecule has 1 aliphatic rings. The molecule has 0 radical (unpaired) electrons. The highest BCUT2D eigenvalue weighted by Crippen LogP contribution is 2.42. The minimum absolute atomic E-state index is 0.489. The lowest BCUT2D eigenvalue weighted by Gasteiger charge is -2.06. The fourth-order valence-corrected chi connectivity index (χ4v) is 1.61. The Morgan fingerprint density at radius 3 is 3.08 bits per heavy atom. The first-order valence-corrected chi connectivity index (χ1v) is 4.45. The van der Waals surface area contributed by atoms with E-state index < -0.39 is 0 Å². The Morgan fingerprint density at radius 1 is 1.75 bits per heavy atom. The third-order valence-corrected chi connectivity index (χ3v) is 2.61. The van der Waals surface area contributed by atoms with Crippen molar-refractivity contribution in [1.82, 2.24) is 4.98 Å². The molecule has 12 heavy (non-hydrogen) atoms. The zero-order chi connectivity index (χ0) is 8.55. The van der Waals surface area contributed by atoms with Crippen molar-refractivity contribution in [3.8, 4) is 0 Å². The van der Waals surface area contributed by atoms with E-state index in [2.05, 4.69) is 11.9 Å². The maximum absolute atomic E-state index is 5.53. The Bertz CT molecular complexity index is 265. The standard InChI is InChI=1S/C9H14N2O/c1-6(7-2-3-7)9-8(4-10)11-5-12-9/h5-7H,2-4,10H2,1H3. The highest BCUT2D eigenvalue weighted by Gasteiger charge is 2.32. The second-order valence-corrected chi connectivity index (χ2v) is 3.49.